The molecule has 1 amide bonds. The highest BCUT2D eigenvalue weighted by molar-refractivity contribution is 5.76. The van der Waals surface area contributed by atoms with E-state index >= 15 is 0 Å². The Morgan fingerprint density at radius 3 is 3.07 bits per heavy atom. The molecule has 2 rings (SSSR count). The lowest BCUT2D eigenvalue weighted by molar-refractivity contribution is -0.122. The summed E-state index contributed by atoms with van der Waals surface area (Å²) >= 11 is 0. The van der Waals surface area contributed by atoms with Crippen molar-refractivity contribution in [3.8, 4) is 0 Å². The third-order valence-electron chi connectivity index (χ3n) is 2.49. The fourth-order valence-electron chi connectivity index (χ4n) is 1.50. The van der Waals surface area contributed by atoms with Gasteiger partial charge in [-0.15, -0.1) is 0 Å². The van der Waals surface area contributed by atoms with Crippen LogP contribution in [-0.4, -0.2) is 40.7 Å². The number of rotatable bonds is 5. The highest BCUT2D eigenvalue weighted by atomic mass is 16.1. The van der Waals surface area contributed by atoms with Gasteiger partial charge in [-0.05, 0) is 19.0 Å². The molecule has 1 aromatic rings. The monoisotopic (exact) mass is 209 g/mol. The van der Waals surface area contributed by atoms with Gasteiger partial charge >= 0.3 is 0 Å². The Bertz CT molecular complexity index is 306. The van der Waals surface area contributed by atoms with Gasteiger partial charge in [-0.2, -0.15) is 5.10 Å². The van der Waals surface area contributed by atoms with Crippen molar-refractivity contribution in [1.82, 2.24) is 25.8 Å². The molecule has 6 nitrogen and oxygen atoms in total. The summed E-state index contributed by atoms with van der Waals surface area (Å²) in [7, 11) is 0. The molecule has 1 saturated heterocycles. The van der Waals surface area contributed by atoms with E-state index in [2.05, 4.69) is 25.8 Å². The second-order valence-electron chi connectivity index (χ2n) is 3.76. The van der Waals surface area contributed by atoms with Crippen molar-refractivity contribution in [2.24, 2.45) is 5.92 Å². The summed E-state index contributed by atoms with van der Waals surface area (Å²) in [5, 5.41) is 12.5. The Hall–Kier alpha value is -1.43. The molecular formula is C9H15N5O. The number of hydrogen-bond acceptors (Lipinski definition) is 4. The van der Waals surface area contributed by atoms with Crippen LogP contribution in [0.5, 0.6) is 0 Å². The van der Waals surface area contributed by atoms with E-state index < -0.39 is 0 Å². The van der Waals surface area contributed by atoms with E-state index in [1.807, 2.05) is 0 Å². The maximum atomic E-state index is 11.4. The van der Waals surface area contributed by atoms with Crippen LogP contribution in [0.2, 0.25) is 0 Å². The van der Waals surface area contributed by atoms with E-state index in [1.54, 1.807) is 0 Å². The number of nitrogens with one attached hydrogen (secondary N) is 3. The molecule has 82 valence electrons. The molecule has 0 atom stereocenters. The van der Waals surface area contributed by atoms with Crippen LogP contribution in [0.25, 0.3) is 0 Å². The van der Waals surface area contributed by atoms with Gasteiger partial charge in [-0.25, -0.2) is 4.98 Å². The van der Waals surface area contributed by atoms with Gasteiger partial charge in [0.25, 0.3) is 0 Å². The molecule has 0 saturated carbocycles. The molecule has 3 N–H and O–H groups in total. The molecular weight excluding hydrogens is 194 g/mol. The molecule has 1 aromatic heterocycles. The molecule has 0 spiro atoms. The third-order valence-corrected chi connectivity index (χ3v) is 2.49. The molecule has 0 bridgehead atoms. The highest BCUT2D eigenvalue weighted by Gasteiger charge is 2.19. The average Bonchev–Trinajstić information content (AvgIpc) is 2.64. The normalized spacial score (nSPS) is 16.0. The molecule has 0 aromatic carbocycles. The Morgan fingerprint density at radius 2 is 2.47 bits per heavy atom. The Kier molecular flexibility index (Phi) is 3.29. The van der Waals surface area contributed by atoms with Crippen molar-refractivity contribution < 1.29 is 4.79 Å². The summed E-state index contributed by atoms with van der Waals surface area (Å²) < 4.78 is 0. The van der Waals surface area contributed by atoms with Crippen LogP contribution in [-0.2, 0) is 11.2 Å². The smallest absolute Gasteiger partial charge is 0.220 e. The summed E-state index contributed by atoms with van der Waals surface area (Å²) in [6.07, 6.45) is 2.80. The quantitative estimate of drug-likeness (QED) is 0.585. The van der Waals surface area contributed by atoms with E-state index in [9.17, 15) is 4.79 Å². The van der Waals surface area contributed by atoms with Crippen molar-refractivity contribution in [3.05, 3.63) is 12.2 Å². The summed E-state index contributed by atoms with van der Waals surface area (Å²) in [5.74, 6) is 1.46. The number of aromatic amines is 1. The lowest BCUT2D eigenvalue weighted by Crippen LogP contribution is -2.44. The lowest BCUT2D eigenvalue weighted by Gasteiger charge is -2.26. The largest absolute Gasteiger partial charge is 0.356 e. The second kappa shape index (κ2) is 4.88. The first-order chi connectivity index (χ1) is 7.34. The first-order valence-corrected chi connectivity index (χ1v) is 5.16. The van der Waals surface area contributed by atoms with E-state index in [-0.39, 0.29) is 5.91 Å². The molecule has 0 radical (unpaired) electrons. The third kappa shape index (κ3) is 3.02. The average molecular weight is 209 g/mol. The van der Waals surface area contributed by atoms with Gasteiger partial charge in [0.1, 0.15) is 12.2 Å². The molecule has 15 heavy (non-hydrogen) atoms. The topological polar surface area (TPSA) is 82.7 Å². The number of hydrogen-bond donors (Lipinski definition) is 3. The number of carbonyl (C=O) groups excluding carboxylic acids is 1. The minimum atomic E-state index is 0.126. The van der Waals surface area contributed by atoms with Crippen LogP contribution in [0.1, 0.15) is 12.2 Å². The number of aromatic nitrogens is 3. The standard InChI is InChI=1S/C9H15N5O/c15-9(3-7-4-10-5-7)11-2-1-8-12-6-13-14-8/h6-7,10H,1-5H2,(H,11,15)(H,12,13,14). The second-order valence-corrected chi connectivity index (χ2v) is 3.76. The maximum Gasteiger partial charge on any atom is 0.220 e. The molecule has 0 unspecified atom stereocenters. The van der Waals surface area contributed by atoms with Crippen molar-refractivity contribution in [3.63, 3.8) is 0 Å². The van der Waals surface area contributed by atoms with E-state index in [4.69, 9.17) is 0 Å². The molecule has 1 fully saturated rings. The first kappa shape index (κ1) is 10.1. The lowest BCUT2D eigenvalue weighted by atomic mass is 9.99. The van der Waals surface area contributed by atoms with Crippen LogP contribution >= 0.6 is 0 Å². The number of H-pyrrole nitrogens is 1. The van der Waals surface area contributed by atoms with Gasteiger partial charge in [0, 0.05) is 19.4 Å². The zero-order valence-corrected chi connectivity index (χ0v) is 8.49. The Morgan fingerprint density at radius 1 is 1.60 bits per heavy atom. The number of nitrogens with zero attached hydrogens (tertiary/aromatic N) is 2. The van der Waals surface area contributed by atoms with E-state index in [1.165, 1.54) is 6.33 Å². The fourth-order valence-corrected chi connectivity index (χ4v) is 1.50. The van der Waals surface area contributed by atoms with Crippen LogP contribution in [0.4, 0.5) is 0 Å². The molecule has 6 heteroatoms. The van der Waals surface area contributed by atoms with Crippen LogP contribution in [0, 0.1) is 5.92 Å². The predicted octanol–water partition coefficient (Wildman–Crippen LogP) is -0.927. The van der Waals surface area contributed by atoms with Gasteiger partial charge in [0.15, 0.2) is 0 Å². The Labute approximate surface area is 87.9 Å². The maximum absolute atomic E-state index is 11.4. The summed E-state index contributed by atoms with van der Waals surface area (Å²) in [6, 6.07) is 0. The van der Waals surface area contributed by atoms with Gasteiger partial charge in [0.05, 0.1) is 0 Å². The summed E-state index contributed by atoms with van der Waals surface area (Å²) in [6.45, 7) is 2.55. The van der Waals surface area contributed by atoms with E-state index in [0.29, 0.717) is 25.3 Å². The van der Waals surface area contributed by atoms with Gasteiger partial charge in [0.2, 0.25) is 5.91 Å². The van der Waals surface area contributed by atoms with Crippen LogP contribution in [0.3, 0.4) is 0 Å². The fraction of sp³-hybridized carbons (Fsp3) is 0.667. The number of carbonyl (C=O) groups is 1. The SMILES string of the molecule is O=C(CC1CNC1)NCCc1ncn[nH]1. The number of amides is 1. The first-order valence-electron chi connectivity index (χ1n) is 5.16. The zero-order chi connectivity index (χ0) is 10.5. The van der Waals surface area contributed by atoms with Crippen molar-refractivity contribution in [1.29, 1.82) is 0 Å². The van der Waals surface area contributed by atoms with Crippen molar-refractivity contribution >= 4 is 5.91 Å². The highest BCUT2D eigenvalue weighted by Crippen LogP contribution is 2.07. The van der Waals surface area contributed by atoms with Crippen molar-refractivity contribution in [2.45, 2.75) is 12.8 Å². The minimum absolute atomic E-state index is 0.126. The van der Waals surface area contributed by atoms with Gasteiger partial charge < -0.3 is 10.6 Å². The van der Waals surface area contributed by atoms with Crippen molar-refractivity contribution in [2.75, 3.05) is 19.6 Å². The molecule has 1 aliphatic rings. The Balaban J connectivity index is 1.58. The van der Waals surface area contributed by atoms with E-state index in [0.717, 1.165) is 18.9 Å². The minimum Gasteiger partial charge on any atom is -0.356 e. The summed E-state index contributed by atoms with van der Waals surface area (Å²) in [5.41, 5.74) is 0. The summed E-state index contributed by atoms with van der Waals surface area (Å²) in [4.78, 5) is 15.4. The van der Waals surface area contributed by atoms with Crippen LogP contribution in [0.15, 0.2) is 6.33 Å². The van der Waals surface area contributed by atoms with Gasteiger partial charge in [-0.1, -0.05) is 0 Å². The molecule has 0 aliphatic carbocycles. The molecule has 1 aliphatic heterocycles. The predicted molar refractivity (Wildman–Crippen MR) is 54.1 cm³/mol. The van der Waals surface area contributed by atoms with Gasteiger partial charge in [-0.3, -0.25) is 9.89 Å². The van der Waals surface area contributed by atoms with Crippen LogP contribution < -0.4 is 10.6 Å². The molecule has 2 heterocycles. The zero-order valence-electron chi connectivity index (χ0n) is 8.49.